The summed E-state index contributed by atoms with van der Waals surface area (Å²) in [5.74, 6) is 0. The number of rotatable bonds is 2. The number of fused-ring (bicyclic) bond motifs is 2. The smallest absolute Gasteiger partial charge is 0.321 e. The fourth-order valence-electron chi connectivity index (χ4n) is 2.24. The van der Waals surface area contributed by atoms with Gasteiger partial charge in [-0.25, -0.2) is 4.98 Å². The third kappa shape index (κ3) is 2.27. The number of nitriles is 1. The first-order valence-corrected chi connectivity index (χ1v) is 6.40. The molecule has 4 heteroatoms. The molecule has 0 atom stereocenters. The molecular weight excluding hydrogens is 260 g/mol. The van der Waals surface area contributed by atoms with Gasteiger partial charge in [0.2, 0.25) is 0 Å². The molecule has 0 aliphatic rings. The molecule has 0 unspecified atom stereocenters. The maximum atomic E-state index is 8.88. The molecular formula is C17H11N4+. The first-order valence-electron chi connectivity index (χ1n) is 6.40. The van der Waals surface area contributed by atoms with E-state index in [4.69, 9.17) is 10.5 Å². The number of hydrogen-bond donors (Lipinski definition) is 2. The Bertz CT molecular complexity index is 872. The molecule has 0 radical (unpaired) electrons. The third-order valence-electron chi connectivity index (χ3n) is 3.20. The molecule has 2 N–H and O–H groups in total. The zero-order valence-electron chi connectivity index (χ0n) is 11.1. The van der Waals surface area contributed by atoms with Crippen LogP contribution < -0.4 is 10.6 Å². The third-order valence-corrected chi connectivity index (χ3v) is 3.20. The number of anilines is 1. The summed E-state index contributed by atoms with van der Waals surface area (Å²) >= 11 is 0. The summed E-state index contributed by atoms with van der Waals surface area (Å²) in [6.45, 7) is 0. The fraction of sp³-hybridized carbons (Fsp3) is 0. The number of nitrogens with zero attached hydrogens (tertiary/aromatic N) is 2. The van der Waals surface area contributed by atoms with Crippen molar-refractivity contribution in [2.45, 2.75) is 0 Å². The second kappa shape index (κ2) is 5.32. The van der Waals surface area contributed by atoms with Crippen molar-refractivity contribution in [3.05, 3.63) is 60.3 Å². The van der Waals surface area contributed by atoms with Crippen LogP contribution in [0.5, 0.6) is 0 Å². The van der Waals surface area contributed by atoms with Crippen molar-refractivity contribution in [2.75, 3.05) is 5.32 Å². The molecule has 3 aromatic rings. The number of benzene rings is 2. The molecule has 0 fully saturated rings. The van der Waals surface area contributed by atoms with Crippen LogP contribution in [0.25, 0.3) is 21.8 Å². The Labute approximate surface area is 121 Å². The van der Waals surface area contributed by atoms with Gasteiger partial charge in [0, 0.05) is 17.0 Å². The van der Waals surface area contributed by atoms with Crippen LogP contribution in [0.15, 0.2) is 60.3 Å². The van der Waals surface area contributed by atoms with Gasteiger partial charge in [-0.3, -0.25) is 0 Å². The average molecular weight is 271 g/mol. The summed E-state index contributed by atoms with van der Waals surface area (Å²) < 4.78 is 0. The minimum absolute atomic E-state index is 0.139. The molecule has 1 aromatic heterocycles. The largest absolute Gasteiger partial charge is 0.359 e. The van der Waals surface area contributed by atoms with Crippen LogP contribution in [0.4, 0.5) is 5.69 Å². The second-order valence-electron chi connectivity index (χ2n) is 4.46. The molecule has 4 nitrogen and oxygen atoms in total. The standard InChI is InChI=1S/C17H10N4/c18-9-12(10-19)11-20-17-13-5-1-3-7-15(13)21-16-8-4-2-6-14(16)17/h1-8,11H,(H,20,21)/p+1. The van der Waals surface area contributed by atoms with Gasteiger partial charge >= 0.3 is 6.07 Å². The van der Waals surface area contributed by atoms with Gasteiger partial charge in [0.1, 0.15) is 6.07 Å². The number of pyridine rings is 1. The van der Waals surface area contributed by atoms with Crippen LogP contribution in [0, 0.1) is 17.4 Å². The summed E-state index contributed by atoms with van der Waals surface area (Å²) in [4.78, 5) is 4.63. The van der Waals surface area contributed by atoms with E-state index in [2.05, 4.69) is 16.4 Å². The lowest BCUT2D eigenvalue weighted by Gasteiger charge is -2.10. The van der Waals surface area contributed by atoms with Gasteiger partial charge in [-0.2, -0.15) is 5.26 Å². The molecule has 0 saturated heterocycles. The van der Waals surface area contributed by atoms with Gasteiger partial charge in [0.25, 0.3) is 0 Å². The highest BCUT2D eigenvalue weighted by molar-refractivity contribution is 6.07. The number of para-hydroxylation sites is 2. The Morgan fingerprint density at radius 1 is 1.05 bits per heavy atom. The van der Waals surface area contributed by atoms with E-state index in [1.807, 2.05) is 54.6 Å². The van der Waals surface area contributed by atoms with Gasteiger partial charge in [-0.05, 0) is 12.1 Å². The van der Waals surface area contributed by atoms with Crippen LogP contribution in [-0.4, -0.2) is 4.98 Å². The van der Waals surface area contributed by atoms with Crippen molar-refractivity contribution in [2.24, 2.45) is 0 Å². The summed E-state index contributed by atoms with van der Waals surface area (Å²) in [6.07, 6.45) is 1.49. The van der Waals surface area contributed by atoms with E-state index in [1.54, 1.807) is 0 Å². The van der Waals surface area contributed by atoms with Gasteiger partial charge < -0.3 is 5.32 Å². The van der Waals surface area contributed by atoms with Crippen LogP contribution in [0.2, 0.25) is 0 Å². The molecule has 0 bridgehead atoms. The van der Waals surface area contributed by atoms with Gasteiger partial charge in [0.15, 0.2) is 5.57 Å². The molecule has 2 aromatic carbocycles. The zero-order valence-corrected chi connectivity index (χ0v) is 11.1. The van der Waals surface area contributed by atoms with Crippen LogP contribution in [0.3, 0.4) is 0 Å². The summed E-state index contributed by atoms with van der Waals surface area (Å²) in [5, 5.41) is 21.0. The Morgan fingerprint density at radius 3 is 2.14 bits per heavy atom. The Hall–Kier alpha value is -3.37. The number of allylic oxidation sites excluding steroid dienone is 1. The average Bonchev–Trinajstić information content (AvgIpc) is 2.54. The summed E-state index contributed by atoms with van der Waals surface area (Å²) in [7, 11) is 0. The van der Waals surface area contributed by atoms with Crippen molar-refractivity contribution in [1.29, 1.82) is 5.26 Å². The lowest BCUT2D eigenvalue weighted by molar-refractivity contribution is -0.0909. The topological polar surface area (TPSA) is 72.5 Å². The highest BCUT2D eigenvalue weighted by Crippen LogP contribution is 2.30. The maximum absolute atomic E-state index is 8.88. The van der Waals surface area contributed by atoms with Crippen molar-refractivity contribution >= 4 is 27.5 Å². The van der Waals surface area contributed by atoms with E-state index >= 15 is 0 Å². The molecule has 0 amide bonds. The molecule has 0 aliphatic carbocycles. The molecule has 1 heterocycles. The van der Waals surface area contributed by atoms with E-state index in [9.17, 15) is 0 Å². The quantitative estimate of drug-likeness (QED) is 0.553. The Kier molecular flexibility index (Phi) is 3.21. The number of nitrogens with one attached hydrogen (secondary N) is 2. The minimum Gasteiger partial charge on any atom is -0.359 e. The van der Waals surface area contributed by atoms with Crippen LogP contribution in [-0.2, 0) is 0 Å². The number of aromatic nitrogens is 1. The van der Waals surface area contributed by atoms with Crippen molar-refractivity contribution in [3.8, 4) is 12.1 Å². The second-order valence-corrected chi connectivity index (χ2v) is 4.46. The summed E-state index contributed by atoms with van der Waals surface area (Å²) in [5.41, 5.74) is 2.77. The molecule has 0 saturated carbocycles. The van der Waals surface area contributed by atoms with E-state index in [0.29, 0.717) is 0 Å². The van der Waals surface area contributed by atoms with E-state index in [0.717, 1.165) is 27.5 Å². The lowest BCUT2D eigenvalue weighted by Crippen LogP contribution is -2.17. The predicted octanol–water partition coefficient (Wildman–Crippen LogP) is 1.98. The van der Waals surface area contributed by atoms with Gasteiger partial charge in [0.05, 0.1) is 16.7 Å². The molecule has 98 valence electrons. The highest BCUT2D eigenvalue weighted by atomic mass is 14.9. The van der Waals surface area contributed by atoms with Gasteiger partial charge in [-0.1, -0.05) is 41.7 Å². The Balaban J connectivity index is 2.29. The van der Waals surface area contributed by atoms with Crippen molar-refractivity contribution in [1.82, 2.24) is 4.98 Å². The maximum Gasteiger partial charge on any atom is 0.321 e. The molecule has 21 heavy (non-hydrogen) atoms. The van der Waals surface area contributed by atoms with Crippen molar-refractivity contribution < 1.29 is 5.26 Å². The van der Waals surface area contributed by atoms with Gasteiger partial charge in [-0.15, -0.1) is 0 Å². The molecule has 3 rings (SSSR count). The lowest BCUT2D eigenvalue weighted by atomic mass is 10.1. The highest BCUT2D eigenvalue weighted by Gasteiger charge is 2.08. The van der Waals surface area contributed by atoms with E-state index in [-0.39, 0.29) is 5.57 Å². The van der Waals surface area contributed by atoms with E-state index in [1.165, 1.54) is 6.20 Å². The SMILES string of the molecule is N#CC(C#[NH+])=CNc1c2ccccc2nc2ccccc12. The van der Waals surface area contributed by atoms with Crippen molar-refractivity contribution in [3.63, 3.8) is 0 Å². The summed E-state index contributed by atoms with van der Waals surface area (Å²) in [6, 6.07) is 19.6. The predicted molar refractivity (Wildman–Crippen MR) is 81.4 cm³/mol. The minimum atomic E-state index is 0.139. The molecule has 0 spiro atoms. The monoisotopic (exact) mass is 271 g/mol. The van der Waals surface area contributed by atoms with E-state index < -0.39 is 0 Å². The first-order chi connectivity index (χ1) is 10.3. The Morgan fingerprint density at radius 2 is 1.62 bits per heavy atom. The zero-order chi connectivity index (χ0) is 14.7. The van der Waals surface area contributed by atoms with Crippen LogP contribution in [0.1, 0.15) is 0 Å². The van der Waals surface area contributed by atoms with Crippen LogP contribution >= 0.6 is 0 Å². The fourth-order valence-corrected chi connectivity index (χ4v) is 2.24. The molecule has 0 aliphatic heterocycles. The normalized spacial score (nSPS) is 11.0. The first kappa shape index (κ1) is 12.7. The number of hydrogen-bond acceptors (Lipinski definition) is 3.